The number of hydrogen-bond acceptors (Lipinski definition) is 4. The van der Waals surface area contributed by atoms with Crippen LogP contribution in [0.2, 0.25) is 0 Å². The van der Waals surface area contributed by atoms with E-state index in [1.165, 1.54) is 6.20 Å². The van der Waals surface area contributed by atoms with Gasteiger partial charge in [0.2, 0.25) is 0 Å². The molecule has 0 unspecified atom stereocenters. The van der Waals surface area contributed by atoms with Crippen molar-refractivity contribution in [1.29, 1.82) is 0 Å². The third kappa shape index (κ3) is 3.10. The molecule has 0 radical (unpaired) electrons. The number of carbonyl (C=O) groups excluding carboxylic acids is 1. The third-order valence-electron chi connectivity index (χ3n) is 2.65. The minimum Gasteiger partial charge on any atom is -0.322 e. The van der Waals surface area contributed by atoms with Crippen LogP contribution in [0.4, 0.5) is 11.4 Å². The lowest BCUT2D eigenvalue weighted by molar-refractivity contribution is 0.102. The Labute approximate surface area is 119 Å². The van der Waals surface area contributed by atoms with Gasteiger partial charge in [-0.3, -0.25) is 15.6 Å². The van der Waals surface area contributed by atoms with Gasteiger partial charge in [-0.15, -0.1) is 0 Å². The number of pyridine rings is 1. The molecule has 6 heteroatoms. The van der Waals surface area contributed by atoms with E-state index in [0.717, 1.165) is 10.0 Å². The molecule has 0 atom stereocenters. The SMILES string of the molecule is Cc1ccc(NC(=O)c2ccncc2NN)cc1Br. The van der Waals surface area contributed by atoms with Crippen LogP contribution in [0.5, 0.6) is 0 Å². The first kappa shape index (κ1) is 13.5. The normalized spacial score (nSPS) is 10.1. The minimum atomic E-state index is -0.244. The van der Waals surface area contributed by atoms with Crippen molar-refractivity contribution in [2.75, 3.05) is 10.7 Å². The zero-order valence-electron chi connectivity index (χ0n) is 10.3. The number of nitrogen functional groups attached to an aromatic ring is 1. The molecule has 1 aromatic carbocycles. The smallest absolute Gasteiger partial charge is 0.257 e. The number of amides is 1. The first-order chi connectivity index (χ1) is 9.11. The van der Waals surface area contributed by atoms with Gasteiger partial charge in [-0.25, -0.2) is 0 Å². The van der Waals surface area contributed by atoms with Crippen molar-refractivity contribution in [2.24, 2.45) is 5.84 Å². The van der Waals surface area contributed by atoms with Gasteiger partial charge in [0.25, 0.3) is 5.91 Å². The monoisotopic (exact) mass is 320 g/mol. The van der Waals surface area contributed by atoms with E-state index >= 15 is 0 Å². The zero-order chi connectivity index (χ0) is 13.8. The zero-order valence-corrected chi connectivity index (χ0v) is 11.9. The molecule has 98 valence electrons. The highest BCUT2D eigenvalue weighted by molar-refractivity contribution is 9.10. The molecule has 2 rings (SSSR count). The molecule has 0 aliphatic heterocycles. The van der Waals surface area contributed by atoms with Gasteiger partial charge in [0.1, 0.15) is 0 Å². The van der Waals surface area contributed by atoms with Gasteiger partial charge in [0, 0.05) is 16.4 Å². The summed E-state index contributed by atoms with van der Waals surface area (Å²) in [6, 6.07) is 7.22. The number of benzene rings is 1. The highest BCUT2D eigenvalue weighted by atomic mass is 79.9. The average Bonchev–Trinajstić information content (AvgIpc) is 2.43. The second kappa shape index (κ2) is 5.81. The van der Waals surface area contributed by atoms with Crippen LogP contribution in [0.3, 0.4) is 0 Å². The van der Waals surface area contributed by atoms with Crippen molar-refractivity contribution in [3.8, 4) is 0 Å². The molecule has 0 spiro atoms. The van der Waals surface area contributed by atoms with E-state index in [0.29, 0.717) is 16.9 Å². The fraction of sp³-hybridized carbons (Fsp3) is 0.0769. The van der Waals surface area contributed by atoms with E-state index < -0.39 is 0 Å². The number of rotatable bonds is 3. The quantitative estimate of drug-likeness (QED) is 0.600. The number of nitrogens with two attached hydrogens (primary N) is 1. The van der Waals surface area contributed by atoms with Crippen LogP contribution in [-0.4, -0.2) is 10.9 Å². The molecular weight excluding hydrogens is 308 g/mol. The Balaban J connectivity index is 2.23. The van der Waals surface area contributed by atoms with E-state index in [2.05, 4.69) is 31.7 Å². The molecule has 0 fully saturated rings. The summed E-state index contributed by atoms with van der Waals surface area (Å²) in [6.45, 7) is 1.98. The molecule has 4 N–H and O–H groups in total. The fourth-order valence-electron chi connectivity index (χ4n) is 1.58. The summed E-state index contributed by atoms with van der Waals surface area (Å²) in [5.41, 5.74) is 5.18. The summed E-state index contributed by atoms with van der Waals surface area (Å²) >= 11 is 3.43. The maximum Gasteiger partial charge on any atom is 0.257 e. The number of aryl methyl sites for hydroxylation is 1. The van der Waals surface area contributed by atoms with Crippen molar-refractivity contribution in [1.82, 2.24) is 4.98 Å². The van der Waals surface area contributed by atoms with Gasteiger partial charge in [0.15, 0.2) is 0 Å². The molecule has 1 heterocycles. The molecule has 0 saturated carbocycles. The number of halogens is 1. The summed E-state index contributed by atoms with van der Waals surface area (Å²) in [4.78, 5) is 16.0. The van der Waals surface area contributed by atoms with E-state index in [1.54, 1.807) is 12.3 Å². The van der Waals surface area contributed by atoms with E-state index in [9.17, 15) is 4.79 Å². The number of nitrogens with one attached hydrogen (secondary N) is 2. The molecule has 0 aliphatic carbocycles. The Bertz CT molecular complexity index is 615. The molecule has 0 aliphatic rings. The van der Waals surface area contributed by atoms with E-state index in [1.807, 2.05) is 25.1 Å². The molecule has 1 aromatic heterocycles. The Morgan fingerprint density at radius 1 is 1.37 bits per heavy atom. The van der Waals surface area contributed by atoms with Crippen molar-refractivity contribution < 1.29 is 4.79 Å². The van der Waals surface area contributed by atoms with Gasteiger partial charge in [-0.05, 0) is 30.7 Å². The van der Waals surface area contributed by atoms with Gasteiger partial charge < -0.3 is 10.7 Å². The topological polar surface area (TPSA) is 80.0 Å². The highest BCUT2D eigenvalue weighted by Crippen LogP contribution is 2.22. The number of hydrazine groups is 1. The molecule has 0 saturated heterocycles. The average molecular weight is 321 g/mol. The lowest BCUT2D eigenvalue weighted by atomic mass is 10.2. The van der Waals surface area contributed by atoms with Gasteiger partial charge in [-0.1, -0.05) is 22.0 Å². The fourth-order valence-corrected chi connectivity index (χ4v) is 1.96. The predicted molar refractivity (Wildman–Crippen MR) is 78.9 cm³/mol. The second-order valence-electron chi connectivity index (χ2n) is 3.98. The van der Waals surface area contributed by atoms with Crippen LogP contribution < -0.4 is 16.6 Å². The maximum atomic E-state index is 12.1. The van der Waals surface area contributed by atoms with Crippen molar-refractivity contribution in [3.63, 3.8) is 0 Å². The van der Waals surface area contributed by atoms with Crippen LogP contribution in [0.15, 0.2) is 41.1 Å². The van der Waals surface area contributed by atoms with Crippen LogP contribution in [-0.2, 0) is 0 Å². The molecule has 1 amide bonds. The van der Waals surface area contributed by atoms with Crippen molar-refractivity contribution in [3.05, 3.63) is 52.3 Å². The molecule has 2 aromatic rings. The number of aromatic nitrogens is 1. The van der Waals surface area contributed by atoms with Gasteiger partial charge >= 0.3 is 0 Å². The largest absolute Gasteiger partial charge is 0.322 e. The van der Waals surface area contributed by atoms with Crippen molar-refractivity contribution >= 4 is 33.2 Å². The standard InChI is InChI=1S/C13H13BrN4O/c1-8-2-3-9(6-11(8)14)17-13(19)10-4-5-16-7-12(10)18-15/h2-7,18H,15H2,1H3,(H,17,19). The predicted octanol–water partition coefficient (Wildman–Crippen LogP) is 2.69. The first-order valence-corrected chi connectivity index (χ1v) is 6.39. The summed E-state index contributed by atoms with van der Waals surface area (Å²) in [5, 5.41) is 2.81. The lowest BCUT2D eigenvalue weighted by Crippen LogP contribution is -2.17. The maximum absolute atomic E-state index is 12.1. The molecule has 19 heavy (non-hydrogen) atoms. The summed E-state index contributed by atoms with van der Waals surface area (Å²) in [5.74, 6) is 5.10. The number of carbonyl (C=O) groups is 1. The van der Waals surface area contributed by atoms with Gasteiger partial charge in [0.05, 0.1) is 17.4 Å². The first-order valence-electron chi connectivity index (χ1n) is 5.60. The molecule has 5 nitrogen and oxygen atoms in total. The Morgan fingerprint density at radius 2 is 2.16 bits per heavy atom. The highest BCUT2D eigenvalue weighted by Gasteiger charge is 2.11. The number of hydrogen-bond donors (Lipinski definition) is 3. The van der Waals surface area contributed by atoms with E-state index in [-0.39, 0.29) is 5.91 Å². The Morgan fingerprint density at radius 3 is 2.84 bits per heavy atom. The second-order valence-corrected chi connectivity index (χ2v) is 4.84. The third-order valence-corrected chi connectivity index (χ3v) is 3.51. The number of nitrogens with zero attached hydrogens (tertiary/aromatic N) is 1. The van der Waals surface area contributed by atoms with Crippen LogP contribution in [0, 0.1) is 6.92 Å². The lowest BCUT2D eigenvalue weighted by Gasteiger charge is -2.09. The number of anilines is 2. The Hall–Kier alpha value is -1.92. The van der Waals surface area contributed by atoms with Crippen molar-refractivity contribution in [2.45, 2.75) is 6.92 Å². The van der Waals surface area contributed by atoms with Crippen LogP contribution in [0.25, 0.3) is 0 Å². The van der Waals surface area contributed by atoms with E-state index in [4.69, 9.17) is 5.84 Å². The van der Waals surface area contributed by atoms with Crippen LogP contribution in [0.1, 0.15) is 15.9 Å². The minimum absolute atomic E-state index is 0.244. The molecule has 0 bridgehead atoms. The summed E-state index contributed by atoms with van der Waals surface area (Å²) < 4.78 is 0.942. The Kier molecular flexibility index (Phi) is 4.13. The van der Waals surface area contributed by atoms with Crippen LogP contribution >= 0.6 is 15.9 Å². The summed E-state index contributed by atoms with van der Waals surface area (Å²) in [7, 11) is 0. The van der Waals surface area contributed by atoms with Gasteiger partial charge in [-0.2, -0.15) is 0 Å². The summed E-state index contributed by atoms with van der Waals surface area (Å²) in [6.07, 6.45) is 3.04. The molecular formula is C13H13BrN4O.